The molecule has 3 atom stereocenters. The van der Waals surface area contributed by atoms with Crippen LogP contribution in [0.25, 0.3) is 0 Å². The third-order valence-electron chi connectivity index (χ3n) is 6.67. The Morgan fingerprint density at radius 3 is 2.73 bits per heavy atom. The number of fused-ring (bicyclic) bond motifs is 4. The zero-order valence-electron chi connectivity index (χ0n) is 16.0. The van der Waals surface area contributed by atoms with E-state index in [1.807, 2.05) is 0 Å². The van der Waals surface area contributed by atoms with Crippen LogP contribution in [0.5, 0.6) is 0 Å². The number of amides is 1. The number of benzene rings is 2. The van der Waals surface area contributed by atoms with Crippen LogP contribution in [-0.2, 0) is 23.2 Å². The van der Waals surface area contributed by atoms with Gasteiger partial charge in [0.25, 0.3) is 0 Å². The largest absolute Gasteiger partial charge is 0.326 e. The fourth-order valence-electron chi connectivity index (χ4n) is 5.00. The van der Waals surface area contributed by atoms with Crippen LogP contribution >= 0.6 is 0 Å². The molecular formula is C23H28N2O. The molecule has 2 aromatic carbocycles. The molecule has 0 saturated carbocycles. The van der Waals surface area contributed by atoms with Gasteiger partial charge >= 0.3 is 0 Å². The number of anilines is 1. The lowest BCUT2D eigenvalue weighted by Gasteiger charge is -2.54. The number of carbonyl (C=O) groups excluding carboxylic acids is 1. The molecule has 2 aromatic rings. The summed E-state index contributed by atoms with van der Waals surface area (Å²) in [7, 11) is 0. The highest BCUT2D eigenvalue weighted by Gasteiger charge is 2.48. The summed E-state index contributed by atoms with van der Waals surface area (Å²) in [6, 6.07) is 17.9. The van der Waals surface area contributed by atoms with Crippen molar-refractivity contribution in [2.75, 3.05) is 11.9 Å². The SMILES string of the molecule is CC(=O)Nc1ccc2c(c1)[C@]1(C)CCN(Cc3ccccc3)[C@H](C2)[C@@H]1C. The van der Waals surface area contributed by atoms with Crippen LogP contribution in [0.1, 0.15) is 43.9 Å². The molecule has 1 amide bonds. The number of hydrogen-bond donors (Lipinski definition) is 1. The van der Waals surface area contributed by atoms with Gasteiger partial charge in [0.1, 0.15) is 0 Å². The second kappa shape index (κ2) is 6.55. The fourth-order valence-corrected chi connectivity index (χ4v) is 5.00. The third kappa shape index (κ3) is 2.95. The average Bonchev–Trinajstić information content (AvgIpc) is 2.61. The van der Waals surface area contributed by atoms with E-state index in [1.165, 1.54) is 16.7 Å². The first-order valence-corrected chi connectivity index (χ1v) is 9.66. The van der Waals surface area contributed by atoms with Gasteiger partial charge in [-0.2, -0.15) is 0 Å². The lowest BCUT2D eigenvalue weighted by molar-refractivity contribution is -0.114. The minimum absolute atomic E-state index is 0.00508. The van der Waals surface area contributed by atoms with Crippen molar-refractivity contribution in [2.45, 2.75) is 51.6 Å². The molecule has 0 radical (unpaired) electrons. The number of likely N-dealkylation sites (tertiary alicyclic amines) is 1. The minimum Gasteiger partial charge on any atom is -0.326 e. The van der Waals surface area contributed by atoms with Crippen molar-refractivity contribution in [3.63, 3.8) is 0 Å². The molecule has 0 spiro atoms. The maximum atomic E-state index is 11.4. The van der Waals surface area contributed by atoms with Gasteiger partial charge in [-0.05, 0) is 59.5 Å². The summed E-state index contributed by atoms with van der Waals surface area (Å²) in [5.41, 5.74) is 5.39. The number of hydrogen-bond acceptors (Lipinski definition) is 2. The van der Waals surface area contributed by atoms with Crippen LogP contribution in [-0.4, -0.2) is 23.4 Å². The van der Waals surface area contributed by atoms with Crippen LogP contribution in [0.3, 0.4) is 0 Å². The quantitative estimate of drug-likeness (QED) is 0.893. The zero-order chi connectivity index (χ0) is 18.3. The number of carbonyl (C=O) groups is 1. The van der Waals surface area contributed by atoms with Crippen LogP contribution in [0, 0.1) is 5.92 Å². The van der Waals surface area contributed by atoms with E-state index >= 15 is 0 Å². The molecule has 1 aliphatic heterocycles. The third-order valence-corrected chi connectivity index (χ3v) is 6.67. The molecule has 26 heavy (non-hydrogen) atoms. The Morgan fingerprint density at radius 1 is 1.23 bits per heavy atom. The summed E-state index contributed by atoms with van der Waals surface area (Å²) >= 11 is 0. The summed E-state index contributed by atoms with van der Waals surface area (Å²) < 4.78 is 0. The van der Waals surface area contributed by atoms with Crippen molar-refractivity contribution in [1.82, 2.24) is 4.90 Å². The van der Waals surface area contributed by atoms with E-state index in [4.69, 9.17) is 0 Å². The zero-order valence-corrected chi connectivity index (χ0v) is 16.0. The van der Waals surface area contributed by atoms with Crippen LogP contribution in [0.15, 0.2) is 48.5 Å². The molecule has 3 heteroatoms. The maximum Gasteiger partial charge on any atom is 0.221 e. The van der Waals surface area contributed by atoms with E-state index in [1.54, 1.807) is 6.92 Å². The molecule has 3 nitrogen and oxygen atoms in total. The van der Waals surface area contributed by atoms with Crippen molar-refractivity contribution in [2.24, 2.45) is 5.92 Å². The molecule has 1 saturated heterocycles. The van der Waals surface area contributed by atoms with E-state index < -0.39 is 0 Å². The molecule has 1 fully saturated rings. The lowest BCUT2D eigenvalue weighted by Crippen LogP contribution is -2.57. The molecule has 1 N–H and O–H groups in total. The maximum absolute atomic E-state index is 11.4. The molecule has 4 rings (SSSR count). The molecular weight excluding hydrogens is 320 g/mol. The molecule has 136 valence electrons. The number of piperidine rings is 1. The molecule has 2 bridgehead atoms. The van der Waals surface area contributed by atoms with E-state index in [9.17, 15) is 4.79 Å². The number of rotatable bonds is 3. The van der Waals surface area contributed by atoms with Gasteiger partial charge < -0.3 is 5.32 Å². The first-order chi connectivity index (χ1) is 12.5. The Labute approximate surface area is 156 Å². The van der Waals surface area contributed by atoms with Crippen molar-refractivity contribution < 1.29 is 4.79 Å². The van der Waals surface area contributed by atoms with E-state index in [-0.39, 0.29) is 11.3 Å². The molecule has 0 unspecified atom stereocenters. The van der Waals surface area contributed by atoms with Crippen LogP contribution < -0.4 is 5.32 Å². The first kappa shape index (κ1) is 17.3. The Morgan fingerprint density at radius 2 is 2.00 bits per heavy atom. The Hall–Kier alpha value is -2.13. The molecule has 1 heterocycles. The highest BCUT2D eigenvalue weighted by Crippen LogP contribution is 2.49. The van der Waals surface area contributed by atoms with E-state index in [0.717, 1.165) is 31.6 Å². The van der Waals surface area contributed by atoms with Crippen molar-refractivity contribution in [3.8, 4) is 0 Å². The van der Waals surface area contributed by atoms with Gasteiger partial charge in [0.2, 0.25) is 5.91 Å². The topological polar surface area (TPSA) is 32.3 Å². The van der Waals surface area contributed by atoms with Gasteiger partial charge in [-0.25, -0.2) is 0 Å². The van der Waals surface area contributed by atoms with E-state index in [0.29, 0.717) is 12.0 Å². The normalized spacial score (nSPS) is 27.7. The Bertz CT molecular complexity index is 816. The monoisotopic (exact) mass is 348 g/mol. The van der Waals surface area contributed by atoms with Crippen molar-refractivity contribution in [1.29, 1.82) is 0 Å². The molecule has 2 aliphatic rings. The van der Waals surface area contributed by atoms with Crippen molar-refractivity contribution >= 4 is 11.6 Å². The second-order valence-electron chi connectivity index (χ2n) is 8.24. The van der Waals surface area contributed by atoms with Gasteiger partial charge in [-0.1, -0.05) is 50.2 Å². The number of nitrogens with one attached hydrogen (secondary N) is 1. The summed E-state index contributed by atoms with van der Waals surface area (Å²) in [4.78, 5) is 14.1. The molecule has 0 aromatic heterocycles. The van der Waals surface area contributed by atoms with Gasteiger partial charge in [0, 0.05) is 25.2 Å². The van der Waals surface area contributed by atoms with Gasteiger partial charge in [0.05, 0.1) is 0 Å². The second-order valence-corrected chi connectivity index (χ2v) is 8.24. The number of nitrogens with zero attached hydrogens (tertiary/aromatic N) is 1. The average molecular weight is 348 g/mol. The standard InChI is InChI=1S/C23H28N2O/c1-16-22-13-19-9-10-20(24-17(2)26)14-21(19)23(16,3)11-12-25(22)15-18-7-5-4-6-8-18/h4-10,14,16,22H,11-13,15H2,1-3H3,(H,24,26)/t16-,22+,23+/m0/s1. The lowest BCUT2D eigenvalue weighted by atomic mass is 9.59. The van der Waals surface area contributed by atoms with Gasteiger partial charge in [-0.15, -0.1) is 0 Å². The highest BCUT2D eigenvalue weighted by atomic mass is 16.1. The predicted molar refractivity (Wildman–Crippen MR) is 106 cm³/mol. The summed E-state index contributed by atoms with van der Waals surface area (Å²) in [5.74, 6) is 0.592. The highest BCUT2D eigenvalue weighted by molar-refractivity contribution is 5.88. The Balaban J connectivity index is 1.64. The van der Waals surface area contributed by atoms with Crippen LogP contribution in [0.4, 0.5) is 5.69 Å². The van der Waals surface area contributed by atoms with Crippen molar-refractivity contribution in [3.05, 3.63) is 65.2 Å². The van der Waals surface area contributed by atoms with Crippen LogP contribution in [0.2, 0.25) is 0 Å². The fraction of sp³-hybridized carbons (Fsp3) is 0.435. The summed E-state index contributed by atoms with van der Waals surface area (Å²) in [6.07, 6.45) is 2.26. The minimum atomic E-state index is -0.00508. The Kier molecular flexibility index (Phi) is 4.36. The smallest absolute Gasteiger partial charge is 0.221 e. The molecule has 1 aliphatic carbocycles. The van der Waals surface area contributed by atoms with Gasteiger partial charge in [-0.3, -0.25) is 9.69 Å². The van der Waals surface area contributed by atoms with Gasteiger partial charge in [0.15, 0.2) is 0 Å². The summed E-state index contributed by atoms with van der Waals surface area (Å²) in [6.45, 7) is 8.56. The first-order valence-electron chi connectivity index (χ1n) is 9.66. The van der Waals surface area contributed by atoms with E-state index in [2.05, 4.69) is 72.6 Å². The predicted octanol–water partition coefficient (Wildman–Crippen LogP) is 4.37. The summed E-state index contributed by atoms with van der Waals surface area (Å²) in [5, 5.41) is 2.95.